The molecule has 0 bridgehead atoms. The Morgan fingerprint density at radius 1 is 0.378 bits per heavy atom. The summed E-state index contributed by atoms with van der Waals surface area (Å²) in [5, 5.41) is 7.80. The Balaban J connectivity index is 1.30. The van der Waals surface area contributed by atoms with E-state index < -0.39 is 8.07 Å². The van der Waals surface area contributed by atoms with Gasteiger partial charge >= 0.3 is 0 Å². The predicted octanol–water partition coefficient (Wildman–Crippen LogP) is 8.12. The molecule has 1 aromatic heterocycles. The van der Waals surface area contributed by atoms with Crippen LogP contribution in [0.1, 0.15) is 22.6 Å². The summed E-state index contributed by atoms with van der Waals surface area (Å²) < 4.78 is 6.51. The molecule has 0 saturated carbocycles. The van der Waals surface area contributed by atoms with E-state index in [9.17, 15) is 0 Å². The third-order valence-corrected chi connectivity index (χ3v) is 14.5. The Bertz CT molecular complexity index is 2180. The van der Waals surface area contributed by atoms with Gasteiger partial charge in [0.25, 0.3) is 0 Å². The van der Waals surface area contributed by atoms with Crippen LogP contribution in [0, 0.1) is 0 Å². The summed E-state index contributed by atoms with van der Waals surface area (Å²) in [7, 11) is -2.65. The Morgan fingerprint density at radius 3 is 1.36 bits per heavy atom. The van der Waals surface area contributed by atoms with Crippen molar-refractivity contribution in [2.24, 2.45) is 0 Å². The first-order valence-electron chi connectivity index (χ1n) is 15.6. The van der Waals surface area contributed by atoms with Crippen LogP contribution in [0.15, 0.2) is 180 Å². The fraction of sp³-hybridized carbons (Fsp3) is 0.0233. The number of benzene rings is 7. The van der Waals surface area contributed by atoms with Gasteiger partial charge in [-0.3, -0.25) is 0 Å². The van der Waals surface area contributed by atoms with Gasteiger partial charge in [-0.05, 0) is 66.8 Å². The van der Waals surface area contributed by atoms with Crippen molar-refractivity contribution in [2.45, 2.75) is 5.92 Å². The van der Waals surface area contributed by atoms with E-state index in [1.807, 2.05) is 0 Å². The second kappa shape index (κ2) is 10.3. The Kier molecular flexibility index (Phi) is 5.97. The number of hydrogen-bond acceptors (Lipinski definition) is 1. The maximum atomic E-state index is 6.51. The summed E-state index contributed by atoms with van der Waals surface area (Å²) in [6.07, 6.45) is 0. The molecule has 2 heteroatoms. The van der Waals surface area contributed by atoms with E-state index in [1.54, 1.807) is 0 Å². The smallest absolute Gasteiger partial charge is 0.179 e. The van der Waals surface area contributed by atoms with Crippen LogP contribution in [0.3, 0.4) is 0 Å². The van der Waals surface area contributed by atoms with Gasteiger partial charge in [-0.2, -0.15) is 0 Å². The molecule has 7 aromatic carbocycles. The van der Waals surface area contributed by atoms with Gasteiger partial charge in [0.2, 0.25) is 0 Å². The Labute approximate surface area is 264 Å². The first-order chi connectivity index (χ1) is 22.3. The maximum Gasteiger partial charge on any atom is 0.179 e. The van der Waals surface area contributed by atoms with Crippen molar-refractivity contribution < 1.29 is 4.42 Å². The molecule has 45 heavy (non-hydrogen) atoms. The van der Waals surface area contributed by atoms with Crippen molar-refractivity contribution in [3.63, 3.8) is 0 Å². The molecule has 1 aliphatic carbocycles. The molecular weight excluding hydrogens is 561 g/mol. The lowest BCUT2D eigenvalue weighted by molar-refractivity contribution is 0.669. The predicted molar refractivity (Wildman–Crippen MR) is 190 cm³/mol. The zero-order valence-electron chi connectivity index (χ0n) is 24.7. The molecular formula is C43H30OSi. The first kappa shape index (κ1) is 26.0. The molecule has 212 valence electrons. The largest absolute Gasteiger partial charge is 0.456 e. The molecule has 0 aliphatic heterocycles. The summed E-state index contributed by atoms with van der Waals surface area (Å²) in [5.41, 5.74) is 8.56. The standard InChI is InChI=1S/C43H30OSi/c1-4-14-31(15-5-1)45(32-16-6-2-7-17-32,33-18-8-3-9-19-33)34-25-27-42-40(29-34)39-28-30(24-26-41(39)44-42)43-37-22-12-10-20-35(37)36-21-11-13-23-38(36)43/h1-29,43H. The van der Waals surface area contributed by atoms with E-state index in [4.69, 9.17) is 4.42 Å². The lowest BCUT2D eigenvalue weighted by Gasteiger charge is -2.34. The number of fused-ring (bicyclic) bond motifs is 6. The highest BCUT2D eigenvalue weighted by Gasteiger charge is 2.41. The molecule has 0 atom stereocenters. The van der Waals surface area contributed by atoms with Crippen LogP contribution in [0.5, 0.6) is 0 Å². The molecule has 1 aliphatic rings. The second-order valence-corrected chi connectivity index (χ2v) is 15.8. The fourth-order valence-corrected chi connectivity index (χ4v) is 12.6. The lowest BCUT2D eigenvalue weighted by atomic mass is 9.88. The van der Waals surface area contributed by atoms with E-state index in [0.29, 0.717) is 0 Å². The monoisotopic (exact) mass is 590 g/mol. The number of rotatable bonds is 5. The molecule has 1 nitrogen and oxygen atoms in total. The molecule has 9 rings (SSSR count). The molecule has 0 radical (unpaired) electrons. The topological polar surface area (TPSA) is 13.1 Å². The van der Waals surface area contributed by atoms with E-state index in [-0.39, 0.29) is 5.92 Å². The van der Waals surface area contributed by atoms with Crippen LogP contribution in [0.4, 0.5) is 0 Å². The molecule has 0 spiro atoms. The minimum Gasteiger partial charge on any atom is -0.456 e. The second-order valence-electron chi connectivity index (χ2n) is 12.0. The molecule has 0 fully saturated rings. The lowest BCUT2D eigenvalue weighted by Crippen LogP contribution is -2.74. The van der Waals surface area contributed by atoms with Gasteiger partial charge in [0.05, 0.1) is 0 Å². The quantitative estimate of drug-likeness (QED) is 0.146. The molecule has 8 aromatic rings. The summed E-state index contributed by atoms with van der Waals surface area (Å²) in [6, 6.07) is 64.8. The zero-order chi connectivity index (χ0) is 29.8. The molecule has 0 amide bonds. The van der Waals surface area contributed by atoms with Crippen LogP contribution in [-0.4, -0.2) is 8.07 Å². The molecule has 0 N–H and O–H groups in total. The summed E-state index contributed by atoms with van der Waals surface area (Å²) >= 11 is 0. The average Bonchev–Trinajstić information content (AvgIpc) is 3.65. The van der Waals surface area contributed by atoms with Gasteiger partial charge in [0, 0.05) is 16.7 Å². The number of hydrogen-bond donors (Lipinski definition) is 0. The first-order valence-corrected chi connectivity index (χ1v) is 17.6. The third-order valence-electron chi connectivity index (χ3n) is 9.71. The highest BCUT2D eigenvalue weighted by Crippen LogP contribution is 2.48. The van der Waals surface area contributed by atoms with Crippen molar-refractivity contribution in [2.75, 3.05) is 0 Å². The van der Waals surface area contributed by atoms with Gasteiger partial charge in [-0.15, -0.1) is 0 Å². The minimum absolute atomic E-state index is 0.196. The van der Waals surface area contributed by atoms with Crippen LogP contribution in [-0.2, 0) is 0 Å². The van der Waals surface area contributed by atoms with Crippen molar-refractivity contribution in [3.05, 3.63) is 193 Å². The Hall–Kier alpha value is -5.44. The summed E-state index contributed by atoms with van der Waals surface area (Å²) in [4.78, 5) is 0. The summed E-state index contributed by atoms with van der Waals surface area (Å²) in [6.45, 7) is 0. The van der Waals surface area contributed by atoms with Crippen LogP contribution < -0.4 is 20.7 Å². The average molecular weight is 591 g/mol. The van der Waals surface area contributed by atoms with Gasteiger partial charge < -0.3 is 4.42 Å². The third kappa shape index (κ3) is 3.93. The Morgan fingerprint density at radius 2 is 0.822 bits per heavy atom. The number of furan rings is 1. The normalized spacial score (nSPS) is 12.8. The molecule has 1 heterocycles. The van der Waals surface area contributed by atoms with Crippen molar-refractivity contribution >= 4 is 50.8 Å². The van der Waals surface area contributed by atoms with Crippen LogP contribution in [0.2, 0.25) is 0 Å². The van der Waals surface area contributed by atoms with Crippen LogP contribution >= 0.6 is 0 Å². The van der Waals surface area contributed by atoms with E-state index >= 15 is 0 Å². The highest BCUT2D eigenvalue weighted by molar-refractivity contribution is 7.20. The van der Waals surface area contributed by atoms with Crippen LogP contribution in [0.25, 0.3) is 33.1 Å². The maximum absolute atomic E-state index is 6.51. The van der Waals surface area contributed by atoms with Crippen molar-refractivity contribution in [3.8, 4) is 11.1 Å². The fourth-order valence-electron chi connectivity index (χ4n) is 7.79. The summed E-state index contributed by atoms with van der Waals surface area (Å²) in [5.74, 6) is 0.196. The minimum atomic E-state index is -2.65. The molecule has 0 saturated heterocycles. The van der Waals surface area contributed by atoms with E-state index in [0.717, 1.165) is 11.2 Å². The SMILES string of the molecule is c1ccc([Si](c2ccccc2)(c2ccccc2)c2ccc3oc4ccc(C5c6ccccc6-c6ccccc65)cc4c3c2)cc1. The van der Waals surface area contributed by atoms with Crippen molar-refractivity contribution in [1.29, 1.82) is 0 Å². The van der Waals surface area contributed by atoms with Crippen molar-refractivity contribution in [1.82, 2.24) is 0 Å². The van der Waals surface area contributed by atoms with Gasteiger partial charge in [-0.1, -0.05) is 158 Å². The van der Waals surface area contributed by atoms with Gasteiger partial charge in [0.15, 0.2) is 8.07 Å². The van der Waals surface area contributed by atoms with E-state index in [2.05, 4.69) is 176 Å². The zero-order valence-corrected chi connectivity index (χ0v) is 25.7. The van der Waals surface area contributed by atoms with E-state index in [1.165, 1.54) is 59.3 Å². The van der Waals surface area contributed by atoms with Gasteiger partial charge in [-0.25, -0.2) is 0 Å². The molecule has 0 unspecified atom stereocenters. The highest BCUT2D eigenvalue weighted by atomic mass is 28.3. The van der Waals surface area contributed by atoms with Gasteiger partial charge in [0.1, 0.15) is 11.2 Å².